The first-order valence-corrected chi connectivity index (χ1v) is 9.80. The lowest BCUT2D eigenvalue weighted by Gasteiger charge is -2.30. The maximum atomic E-state index is 14.2. The summed E-state index contributed by atoms with van der Waals surface area (Å²) in [7, 11) is 0. The summed E-state index contributed by atoms with van der Waals surface area (Å²) < 4.78 is 21.8. The van der Waals surface area contributed by atoms with Crippen LogP contribution in [0.4, 0.5) is 10.2 Å². The maximum Gasteiger partial charge on any atom is 0.256 e. The smallest absolute Gasteiger partial charge is 0.256 e. The molecule has 4 atom stereocenters. The van der Waals surface area contributed by atoms with Crippen LogP contribution in [-0.2, 0) is 0 Å². The zero-order chi connectivity index (χ0) is 19.7. The number of hydrogen-bond donors (Lipinski definition) is 1. The van der Waals surface area contributed by atoms with Crippen molar-refractivity contribution in [3.05, 3.63) is 47.7 Å². The fraction of sp³-hybridized carbons (Fsp3) is 0.400. The van der Waals surface area contributed by atoms with Gasteiger partial charge in [0, 0.05) is 18.3 Å². The lowest BCUT2D eigenvalue weighted by atomic mass is 10.0. The summed E-state index contributed by atoms with van der Waals surface area (Å²) in [5, 5.41) is 7.11. The lowest BCUT2D eigenvalue weighted by molar-refractivity contribution is 0.0932. The lowest BCUT2D eigenvalue weighted by Crippen LogP contribution is -2.34. The topological polar surface area (TPSA) is 84.7 Å². The third-order valence-corrected chi connectivity index (χ3v) is 6.07. The van der Waals surface area contributed by atoms with E-state index in [4.69, 9.17) is 9.72 Å². The Hall–Kier alpha value is -3.23. The molecule has 3 aliphatic rings. The highest BCUT2D eigenvalue weighted by atomic mass is 19.1. The number of carbonyl (C=O) groups is 1. The maximum absolute atomic E-state index is 14.2. The van der Waals surface area contributed by atoms with Crippen LogP contribution in [0, 0.1) is 17.7 Å². The molecule has 5 heterocycles. The molecule has 0 radical (unpaired) electrons. The highest BCUT2D eigenvalue weighted by molar-refractivity contribution is 5.99. The van der Waals surface area contributed by atoms with Crippen molar-refractivity contribution in [2.45, 2.75) is 25.5 Å². The molecule has 1 saturated heterocycles. The van der Waals surface area contributed by atoms with Gasteiger partial charge >= 0.3 is 0 Å². The number of anilines is 1. The number of rotatable bonds is 0. The number of carbonyl (C=O) groups excluding carboxylic acids is 1. The van der Waals surface area contributed by atoms with Crippen molar-refractivity contribution in [3.63, 3.8) is 0 Å². The van der Waals surface area contributed by atoms with Gasteiger partial charge in [-0.1, -0.05) is 0 Å². The molecular formula is C20H19FN6O2. The monoisotopic (exact) mass is 394 g/mol. The fourth-order valence-electron chi connectivity index (χ4n) is 4.60. The van der Waals surface area contributed by atoms with Gasteiger partial charge in [-0.15, -0.1) is 0 Å². The van der Waals surface area contributed by atoms with Crippen molar-refractivity contribution in [1.29, 1.82) is 0 Å². The summed E-state index contributed by atoms with van der Waals surface area (Å²) in [6, 6.07) is 3.35. The Morgan fingerprint density at radius 1 is 1.34 bits per heavy atom. The molecule has 8 nitrogen and oxygen atoms in total. The largest absolute Gasteiger partial charge is 0.473 e. The van der Waals surface area contributed by atoms with E-state index in [-0.39, 0.29) is 30.4 Å². The zero-order valence-corrected chi connectivity index (χ0v) is 15.7. The minimum absolute atomic E-state index is 0.0591. The van der Waals surface area contributed by atoms with Gasteiger partial charge < -0.3 is 15.0 Å². The van der Waals surface area contributed by atoms with Crippen LogP contribution in [0.2, 0.25) is 0 Å². The van der Waals surface area contributed by atoms with Crippen LogP contribution in [0.15, 0.2) is 30.7 Å². The van der Waals surface area contributed by atoms with Crippen molar-refractivity contribution < 1.29 is 13.9 Å². The number of halogens is 1. The second-order valence-corrected chi connectivity index (χ2v) is 8.06. The van der Waals surface area contributed by atoms with E-state index in [1.165, 1.54) is 18.5 Å². The standard InChI is InChI=1S/C20H19FN6O2/c1-10-6-22-19(28)15-8-24-27-3-2-16(25-18(15)27)26-9-11-4-13(11)17(26)14-5-12(21)7-23-20(14)29-10/h2-3,5,7-8,10-11,13,17H,4,6,9H2,1H3,(H,22,28)/t10-,11-,13-,17-/m0/s1. The Bertz CT molecular complexity index is 1150. The summed E-state index contributed by atoms with van der Waals surface area (Å²) in [6.07, 6.45) is 5.28. The molecule has 1 saturated carbocycles. The highest BCUT2D eigenvalue weighted by Crippen LogP contribution is 2.58. The number of pyridine rings is 1. The summed E-state index contributed by atoms with van der Waals surface area (Å²) in [6.45, 7) is 2.97. The van der Waals surface area contributed by atoms with Crippen molar-refractivity contribution in [3.8, 4) is 5.88 Å². The number of amides is 1. The average Bonchev–Trinajstić information content (AvgIpc) is 3.18. The van der Waals surface area contributed by atoms with E-state index in [2.05, 4.69) is 20.3 Å². The molecule has 2 bridgehead atoms. The van der Waals surface area contributed by atoms with Crippen molar-refractivity contribution in [2.75, 3.05) is 18.0 Å². The number of aromatic nitrogens is 4. The second kappa shape index (κ2) is 5.88. The Labute approximate surface area is 165 Å². The molecule has 3 aromatic rings. The SMILES string of the molecule is C[C@H]1CNC(=O)c2cnn3ccc(nc23)N2C[C@@H]3C[C@@H]3[C@H]2c2cc(F)cnc2O1. The predicted octanol–water partition coefficient (Wildman–Crippen LogP) is 1.97. The average molecular weight is 394 g/mol. The molecule has 3 aromatic heterocycles. The number of piperidine rings is 1. The van der Waals surface area contributed by atoms with Crippen LogP contribution < -0.4 is 15.0 Å². The molecule has 9 heteroatoms. The van der Waals surface area contributed by atoms with Gasteiger partial charge in [0.1, 0.15) is 23.3 Å². The van der Waals surface area contributed by atoms with Crippen molar-refractivity contribution >= 4 is 17.4 Å². The van der Waals surface area contributed by atoms with E-state index in [1.807, 2.05) is 13.0 Å². The Balaban J connectivity index is 1.55. The van der Waals surface area contributed by atoms with E-state index >= 15 is 0 Å². The minimum Gasteiger partial charge on any atom is -0.473 e. The Kier molecular flexibility index (Phi) is 3.39. The predicted molar refractivity (Wildman–Crippen MR) is 101 cm³/mol. The first kappa shape index (κ1) is 16.7. The van der Waals surface area contributed by atoms with Gasteiger partial charge in [0.25, 0.3) is 5.91 Å². The molecule has 29 heavy (non-hydrogen) atoms. The molecule has 148 valence electrons. The van der Waals surface area contributed by atoms with Gasteiger partial charge in [0.05, 0.1) is 25.0 Å². The summed E-state index contributed by atoms with van der Waals surface area (Å²) >= 11 is 0. The minimum atomic E-state index is -0.386. The number of nitrogens with one attached hydrogen (secondary N) is 1. The summed E-state index contributed by atoms with van der Waals surface area (Å²) in [5.74, 6) is 1.48. The van der Waals surface area contributed by atoms with E-state index in [9.17, 15) is 9.18 Å². The van der Waals surface area contributed by atoms with E-state index in [0.29, 0.717) is 28.9 Å². The fourth-order valence-corrected chi connectivity index (χ4v) is 4.60. The van der Waals surface area contributed by atoms with Gasteiger partial charge in [-0.3, -0.25) is 4.79 Å². The van der Waals surface area contributed by atoms with Crippen LogP contribution >= 0.6 is 0 Å². The number of ether oxygens (including phenoxy) is 1. The van der Waals surface area contributed by atoms with Crippen LogP contribution in [0.25, 0.3) is 5.65 Å². The summed E-state index contributed by atoms with van der Waals surface area (Å²) in [5.41, 5.74) is 1.66. The zero-order valence-electron chi connectivity index (χ0n) is 15.7. The number of nitrogens with zero attached hydrogens (tertiary/aromatic N) is 5. The molecule has 1 N–H and O–H groups in total. The van der Waals surface area contributed by atoms with Crippen LogP contribution in [-0.4, -0.2) is 44.7 Å². The van der Waals surface area contributed by atoms with Gasteiger partial charge in [0.2, 0.25) is 5.88 Å². The van der Waals surface area contributed by atoms with Crippen molar-refractivity contribution in [1.82, 2.24) is 24.9 Å². The Morgan fingerprint density at radius 2 is 2.24 bits per heavy atom. The number of hydrogen-bond acceptors (Lipinski definition) is 6. The van der Waals surface area contributed by atoms with Gasteiger partial charge in [-0.05, 0) is 37.3 Å². The molecular weight excluding hydrogens is 375 g/mol. The molecule has 0 aromatic carbocycles. The van der Waals surface area contributed by atoms with Crippen molar-refractivity contribution in [2.24, 2.45) is 11.8 Å². The van der Waals surface area contributed by atoms with Crippen LogP contribution in [0.1, 0.15) is 35.3 Å². The molecule has 0 spiro atoms. The molecule has 2 fully saturated rings. The first-order valence-electron chi connectivity index (χ1n) is 9.80. The van der Waals surface area contributed by atoms with Gasteiger partial charge in [-0.2, -0.15) is 5.10 Å². The normalized spacial score (nSPS) is 27.8. The molecule has 1 amide bonds. The van der Waals surface area contributed by atoms with E-state index in [0.717, 1.165) is 24.3 Å². The highest BCUT2D eigenvalue weighted by Gasteiger charge is 2.54. The quantitative estimate of drug-likeness (QED) is 0.628. The third kappa shape index (κ3) is 2.56. The van der Waals surface area contributed by atoms with Crippen LogP contribution in [0.3, 0.4) is 0 Å². The van der Waals surface area contributed by atoms with E-state index in [1.54, 1.807) is 10.7 Å². The van der Waals surface area contributed by atoms with Gasteiger partial charge in [-0.25, -0.2) is 18.9 Å². The summed E-state index contributed by atoms with van der Waals surface area (Å²) in [4.78, 5) is 23.9. The van der Waals surface area contributed by atoms with Crippen LogP contribution in [0.5, 0.6) is 5.88 Å². The second-order valence-electron chi connectivity index (χ2n) is 8.06. The van der Waals surface area contributed by atoms with Gasteiger partial charge in [0.15, 0.2) is 5.65 Å². The molecule has 1 aliphatic carbocycles. The molecule has 0 unspecified atom stereocenters. The number of fused-ring (bicyclic) bond motifs is 7. The third-order valence-electron chi connectivity index (χ3n) is 6.07. The molecule has 6 rings (SSSR count). The first-order chi connectivity index (χ1) is 14.1. The van der Waals surface area contributed by atoms with E-state index < -0.39 is 0 Å². The molecule has 2 aliphatic heterocycles. The Morgan fingerprint density at radius 3 is 3.14 bits per heavy atom.